The zero-order valence-electron chi connectivity index (χ0n) is 14.8. The first-order valence-corrected chi connectivity index (χ1v) is 8.66. The molecule has 0 bridgehead atoms. The van der Waals surface area contributed by atoms with Crippen LogP contribution in [-0.4, -0.2) is 26.1 Å². The fraction of sp³-hybridized carbons (Fsp3) is 0.389. The van der Waals surface area contributed by atoms with Gasteiger partial charge >= 0.3 is 6.36 Å². The third-order valence-electron chi connectivity index (χ3n) is 4.67. The van der Waals surface area contributed by atoms with E-state index in [1.165, 1.54) is 28.9 Å². The zero-order chi connectivity index (χ0) is 20.1. The topological polar surface area (TPSA) is 72.8 Å². The Morgan fingerprint density at radius 2 is 1.96 bits per heavy atom. The molecule has 0 saturated heterocycles. The van der Waals surface area contributed by atoms with E-state index < -0.39 is 18.6 Å². The Bertz CT molecular complexity index is 1070. The number of nitrogens with zero attached hydrogens (tertiary/aromatic N) is 3. The number of halogens is 4. The number of aryl methyl sites for hydroxylation is 1. The summed E-state index contributed by atoms with van der Waals surface area (Å²) in [6, 6.07) is 5.13. The summed E-state index contributed by atoms with van der Waals surface area (Å²) >= 11 is 0. The number of aromatic amines is 1. The van der Waals surface area contributed by atoms with Crippen molar-refractivity contribution >= 4 is 11.0 Å². The van der Waals surface area contributed by atoms with Gasteiger partial charge in [0.15, 0.2) is 5.65 Å². The number of hydrogen-bond acceptors (Lipinski definition) is 4. The minimum atomic E-state index is -4.77. The number of H-pyrrole nitrogens is 1. The van der Waals surface area contributed by atoms with Crippen LogP contribution in [0.25, 0.3) is 11.0 Å². The Hall–Kier alpha value is -2.91. The molecule has 1 aliphatic carbocycles. The number of fused-ring (bicyclic) bond motifs is 1. The molecule has 10 heteroatoms. The van der Waals surface area contributed by atoms with Crippen LogP contribution in [0.15, 0.2) is 29.1 Å². The first kappa shape index (κ1) is 18.5. The number of ether oxygens (including phenoxy) is 1. The number of aromatic nitrogens is 4. The van der Waals surface area contributed by atoms with Gasteiger partial charge in [-0.15, -0.1) is 13.2 Å². The van der Waals surface area contributed by atoms with Crippen LogP contribution in [0.5, 0.6) is 5.75 Å². The molecule has 1 fully saturated rings. The number of alkyl halides is 4. The van der Waals surface area contributed by atoms with Crippen molar-refractivity contribution in [2.24, 2.45) is 5.92 Å². The molecule has 148 valence electrons. The predicted octanol–water partition coefficient (Wildman–Crippen LogP) is 3.80. The Kier molecular flexibility index (Phi) is 4.35. The van der Waals surface area contributed by atoms with Crippen LogP contribution in [0.2, 0.25) is 0 Å². The zero-order valence-corrected chi connectivity index (χ0v) is 14.8. The van der Waals surface area contributed by atoms with Gasteiger partial charge in [0.1, 0.15) is 29.3 Å². The largest absolute Gasteiger partial charge is 0.573 e. The van der Waals surface area contributed by atoms with E-state index in [9.17, 15) is 22.4 Å². The van der Waals surface area contributed by atoms with E-state index in [1.807, 2.05) is 0 Å². The van der Waals surface area contributed by atoms with Gasteiger partial charge in [-0.3, -0.25) is 4.79 Å². The molecule has 0 amide bonds. The van der Waals surface area contributed by atoms with Gasteiger partial charge in [0.05, 0.1) is 6.04 Å². The van der Waals surface area contributed by atoms with Crippen molar-refractivity contribution in [3.63, 3.8) is 0 Å². The minimum absolute atomic E-state index is 0.00794. The lowest BCUT2D eigenvalue weighted by atomic mass is 10.0. The lowest BCUT2D eigenvalue weighted by Crippen LogP contribution is -2.18. The van der Waals surface area contributed by atoms with Gasteiger partial charge in [-0.2, -0.15) is 5.10 Å². The van der Waals surface area contributed by atoms with Gasteiger partial charge in [-0.05, 0) is 43.4 Å². The first-order chi connectivity index (χ1) is 13.3. The molecule has 4 rings (SSSR count). The molecule has 1 aliphatic rings. The van der Waals surface area contributed by atoms with Gasteiger partial charge < -0.3 is 9.72 Å². The maximum absolute atomic E-state index is 13.5. The molecule has 1 aromatic carbocycles. The highest BCUT2D eigenvalue weighted by Crippen LogP contribution is 2.44. The van der Waals surface area contributed by atoms with E-state index >= 15 is 0 Å². The lowest BCUT2D eigenvalue weighted by molar-refractivity contribution is -0.274. The predicted molar refractivity (Wildman–Crippen MR) is 91.7 cm³/mol. The number of benzene rings is 1. The summed E-state index contributed by atoms with van der Waals surface area (Å²) in [5, 5.41) is 4.37. The van der Waals surface area contributed by atoms with Crippen molar-refractivity contribution in [1.29, 1.82) is 0 Å². The van der Waals surface area contributed by atoms with E-state index in [0.717, 1.165) is 12.8 Å². The first-order valence-electron chi connectivity index (χ1n) is 8.66. The van der Waals surface area contributed by atoms with Crippen LogP contribution in [0.4, 0.5) is 17.6 Å². The van der Waals surface area contributed by atoms with Crippen LogP contribution >= 0.6 is 0 Å². The smallest absolute Gasteiger partial charge is 0.406 e. The van der Waals surface area contributed by atoms with Gasteiger partial charge in [-0.1, -0.05) is 12.1 Å². The van der Waals surface area contributed by atoms with Crippen molar-refractivity contribution in [2.45, 2.75) is 38.8 Å². The van der Waals surface area contributed by atoms with Crippen LogP contribution < -0.4 is 10.3 Å². The normalized spacial score (nSPS) is 15.8. The molecule has 28 heavy (non-hydrogen) atoms. The summed E-state index contributed by atoms with van der Waals surface area (Å²) in [5.74, 6) is 0.213. The molecule has 1 N–H and O–H groups in total. The lowest BCUT2D eigenvalue weighted by Gasteiger charge is -2.19. The number of nitrogens with one attached hydrogen (secondary N) is 1. The van der Waals surface area contributed by atoms with Crippen molar-refractivity contribution in [3.05, 3.63) is 51.7 Å². The Balaban J connectivity index is 1.80. The molecule has 0 unspecified atom stereocenters. The number of hydrogen-bond donors (Lipinski definition) is 1. The highest BCUT2D eigenvalue weighted by Gasteiger charge is 2.37. The molecule has 2 heterocycles. The maximum Gasteiger partial charge on any atom is 0.573 e. The summed E-state index contributed by atoms with van der Waals surface area (Å²) in [4.78, 5) is 19.2. The molecule has 1 saturated carbocycles. The maximum atomic E-state index is 13.5. The summed E-state index contributed by atoms with van der Waals surface area (Å²) in [6.45, 7) is 0.690. The van der Waals surface area contributed by atoms with Crippen molar-refractivity contribution in [2.75, 3.05) is 0 Å². The Labute approximate surface area is 156 Å². The average Bonchev–Trinajstić information content (AvgIpc) is 3.37. The van der Waals surface area contributed by atoms with Gasteiger partial charge in [-0.25, -0.2) is 14.1 Å². The molecular weight excluding hydrogens is 380 g/mol. The van der Waals surface area contributed by atoms with E-state index in [4.69, 9.17) is 0 Å². The second-order valence-electron chi connectivity index (χ2n) is 6.77. The SMILES string of the molecule is Cc1nc2c(c(CF)nn2[C@@H](c2ccc(OC(F)(F)F)cc2)C2CC2)c(=O)[nH]1. The fourth-order valence-electron chi connectivity index (χ4n) is 3.40. The summed E-state index contributed by atoms with van der Waals surface area (Å²) < 4.78 is 56.0. The van der Waals surface area contributed by atoms with Crippen LogP contribution in [0, 0.1) is 12.8 Å². The highest BCUT2D eigenvalue weighted by molar-refractivity contribution is 5.77. The molecule has 0 radical (unpaired) electrons. The van der Waals surface area contributed by atoms with E-state index in [1.54, 1.807) is 6.92 Å². The molecule has 0 aliphatic heterocycles. The summed E-state index contributed by atoms with van der Waals surface area (Å²) in [7, 11) is 0. The van der Waals surface area contributed by atoms with Crippen LogP contribution in [-0.2, 0) is 6.67 Å². The second-order valence-corrected chi connectivity index (χ2v) is 6.77. The quantitative estimate of drug-likeness (QED) is 0.666. The molecular formula is C18H16F4N4O2. The highest BCUT2D eigenvalue weighted by atomic mass is 19.4. The number of rotatable bonds is 5. The van der Waals surface area contributed by atoms with Crippen molar-refractivity contribution in [1.82, 2.24) is 19.7 Å². The Morgan fingerprint density at radius 3 is 2.54 bits per heavy atom. The molecule has 3 aromatic rings. The van der Waals surface area contributed by atoms with Crippen molar-refractivity contribution in [3.8, 4) is 5.75 Å². The third-order valence-corrected chi connectivity index (χ3v) is 4.67. The molecule has 2 aromatic heterocycles. The molecule has 6 nitrogen and oxygen atoms in total. The molecule has 1 atom stereocenters. The van der Waals surface area contributed by atoms with Gasteiger partial charge in [0.25, 0.3) is 5.56 Å². The van der Waals surface area contributed by atoms with Crippen LogP contribution in [0.1, 0.15) is 36.0 Å². The Morgan fingerprint density at radius 1 is 1.29 bits per heavy atom. The second kappa shape index (κ2) is 6.61. The van der Waals surface area contributed by atoms with E-state index in [-0.39, 0.29) is 34.4 Å². The minimum Gasteiger partial charge on any atom is -0.406 e. The molecule has 0 spiro atoms. The van der Waals surface area contributed by atoms with E-state index in [2.05, 4.69) is 19.8 Å². The average molecular weight is 396 g/mol. The third kappa shape index (κ3) is 3.46. The monoisotopic (exact) mass is 396 g/mol. The summed E-state index contributed by atoms with van der Waals surface area (Å²) in [5.41, 5.74) is 0.476. The summed E-state index contributed by atoms with van der Waals surface area (Å²) in [6.07, 6.45) is -2.99. The van der Waals surface area contributed by atoms with Crippen LogP contribution in [0.3, 0.4) is 0 Å². The standard InChI is InChI=1S/C18H16F4N4O2/c1-9-23-16-14(17(27)24-9)13(8-19)25-26(16)15(10-2-3-10)11-4-6-12(7-5-11)28-18(20,21)22/h4-7,10,15H,2-3,8H2,1H3,(H,23,24,27)/t15-/m1/s1. The van der Waals surface area contributed by atoms with E-state index in [0.29, 0.717) is 11.4 Å². The fourth-order valence-corrected chi connectivity index (χ4v) is 3.40. The van der Waals surface area contributed by atoms with Crippen molar-refractivity contribution < 1.29 is 22.3 Å². The van der Waals surface area contributed by atoms with Gasteiger partial charge in [0, 0.05) is 0 Å². The van der Waals surface area contributed by atoms with Gasteiger partial charge in [0.2, 0.25) is 0 Å².